The molecule has 0 radical (unpaired) electrons. The van der Waals surface area contributed by atoms with Crippen LogP contribution in [0.2, 0.25) is 0 Å². The molecule has 1 aliphatic heterocycles. The minimum Gasteiger partial charge on any atom is -0.310 e. The van der Waals surface area contributed by atoms with Crippen LogP contribution in [0.25, 0.3) is 0 Å². The SMILES string of the molecule is CC(CN1CCCC1)NC1CCCC(C)(C)CC1. The van der Waals surface area contributed by atoms with Gasteiger partial charge in [-0.15, -0.1) is 0 Å². The number of nitrogens with zero attached hydrogens (tertiary/aromatic N) is 1. The van der Waals surface area contributed by atoms with Crippen molar-refractivity contribution in [2.75, 3.05) is 19.6 Å². The van der Waals surface area contributed by atoms with Crippen molar-refractivity contribution in [2.45, 2.75) is 77.8 Å². The molecule has 2 nitrogen and oxygen atoms in total. The van der Waals surface area contributed by atoms with Gasteiger partial charge in [-0.1, -0.05) is 20.3 Å². The van der Waals surface area contributed by atoms with Gasteiger partial charge in [0.1, 0.15) is 0 Å². The average Bonchev–Trinajstić information content (AvgIpc) is 2.72. The van der Waals surface area contributed by atoms with Crippen molar-refractivity contribution in [1.82, 2.24) is 10.2 Å². The summed E-state index contributed by atoms with van der Waals surface area (Å²) in [5.74, 6) is 0. The zero-order chi connectivity index (χ0) is 13.0. The van der Waals surface area contributed by atoms with E-state index in [0.29, 0.717) is 11.5 Å². The lowest BCUT2D eigenvalue weighted by atomic mass is 9.85. The molecule has 0 spiro atoms. The minimum absolute atomic E-state index is 0.578. The Balaban J connectivity index is 1.71. The maximum Gasteiger partial charge on any atom is 0.0169 e. The summed E-state index contributed by atoms with van der Waals surface area (Å²) in [6, 6.07) is 1.43. The van der Waals surface area contributed by atoms with Crippen molar-refractivity contribution in [3.63, 3.8) is 0 Å². The molecular weight excluding hydrogens is 220 g/mol. The Labute approximate surface area is 114 Å². The van der Waals surface area contributed by atoms with E-state index in [1.807, 2.05) is 0 Å². The molecule has 2 fully saturated rings. The molecule has 106 valence electrons. The van der Waals surface area contributed by atoms with Gasteiger partial charge in [-0.3, -0.25) is 0 Å². The van der Waals surface area contributed by atoms with Crippen LogP contribution in [0.4, 0.5) is 0 Å². The molecule has 0 aromatic heterocycles. The molecule has 0 aromatic carbocycles. The Morgan fingerprint density at radius 3 is 2.56 bits per heavy atom. The largest absolute Gasteiger partial charge is 0.310 e. The first-order valence-electron chi connectivity index (χ1n) is 8.04. The first-order chi connectivity index (χ1) is 8.55. The van der Waals surface area contributed by atoms with E-state index in [9.17, 15) is 0 Å². The number of hydrogen-bond acceptors (Lipinski definition) is 2. The molecule has 2 aliphatic rings. The fourth-order valence-electron chi connectivity index (χ4n) is 3.64. The van der Waals surface area contributed by atoms with Gasteiger partial charge in [-0.05, 0) is 64.0 Å². The molecule has 2 atom stereocenters. The van der Waals surface area contributed by atoms with Gasteiger partial charge in [0, 0.05) is 18.6 Å². The zero-order valence-corrected chi connectivity index (χ0v) is 12.7. The Morgan fingerprint density at radius 2 is 1.83 bits per heavy atom. The topological polar surface area (TPSA) is 15.3 Å². The highest BCUT2D eigenvalue weighted by molar-refractivity contribution is 4.82. The Bertz CT molecular complexity index is 243. The standard InChI is InChI=1S/C16H32N2/c1-14(13-18-11-4-5-12-18)17-15-7-6-9-16(2,3)10-8-15/h14-15,17H,4-13H2,1-3H3. The second kappa shape index (κ2) is 6.38. The first-order valence-corrected chi connectivity index (χ1v) is 8.04. The Morgan fingerprint density at radius 1 is 1.11 bits per heavy atom. The smallest absolute Gasteiger partial charge is 0.0169 e. The van der Waals surface area contributed by atoms with Gasteiger partial charge in [-0.25, -0.2) is 0 Å². The van der Waals surface area contributed by atoms with Gasteiger partial charge < -0.3 is 10.2 Å². The van der Waals surface area contributed by atoms with Crippen LogP contribution in [0.3, 0.4) is 0 Å². The Hall–Kier alpha value is -0.0800. The van der Waals surface area contributed by atoms with Gasteiger partial charge in [0.05, 0.1) is 0 Å². The van der Waals surface area contributed by atoms with E-state index >= 15 is 0 Å². The Kier molecular flexibility index (Phi) is 5.08. The number of hydrogen-bond donors (Lipinski definition) is 1. The lowest BCUT2D eigenvalue weighted by molar-refractivity contribution is 0.273. The van der Waals surface area contributed by atoms with Crippen LogP contribution < -0.4 is 5.32 Å². The van der Waals surface area contributed by atoms with Gasteiger partial charge in [0.2, 0.25) is 0 Å². The average molecular weight is 252 g/mol. The maximum atomic E-state index is 3.88. The van der Waals surface area contributed by atoms with Crippen LogP contribution in [-0.4, -0.2) is 36.6 Å². The molecular formula is C16H32N2. The summed E-state index contributed by atoms with van der Waals surface area (Å²) in [7, 11) is 0. The normalized spacial score (nSPS) is 31.2. The van der Waals surface area contributed by atoms with E-state index in [1.165, 1.54) is 64.6 Å². The molecule has 1 saturated heterocycles. The van der Waals surface area contributed by atoms with Gasteiger partial charge in [-0.2, -0.15) is 0 Å². The molecule has 2 rings (SSSR count). The number of likely N-dealkylation sites (tertiary alicyclic amines) is 1. The lowest BCUT2D eigenvalue weighted by Crippen LogP contribution is -2.43. The summed E-state index contributed by atoms with van der Waals surface area (Å²) < 4.78 is 0. The fourth-order valence-corrected chi connectivity index (χ4v) is 3.64. The molecule has 1 heterocycles. The van der Waals surface area contributed by atoms with Crippen LogP contribution in [0, 0.1) is 5.41 Å². The molecule has 2 unspecified atom stereocenters. The predicted octanol–water partition coefficient (Wildman–Crippen LogP) is 3.42. The molecule has 1 aliphatic carbocycles. The number of rotatable bonds is 4. The van der Waals surface area contributed by atoms with Crippen molar-refractivity contribution in [1.29, 1.82) is 0 Å². The van der Waals surface area contributed by atoms with E-state index in [0.717, 1.165) is 6.04 Å². The minimum atomic E-state index is 0.578. The molecule has 1 N–H and O–H groups in total. The van der Waals surface area contributed by atoms with Crippen LogP contribution in [0.1, 0.15) is 65.7 Å². The fraction of sp³-hybridized carbons (Fsp3) is 1.00. The monoisotopic (exact) mass is 252 g/mol. The van der Waals surface area contributed by atoms with E-state index in [-0.39, 0.29) is 0 Å². The van der Waals surface area contributed by atoms with E-state index in [2.05, 4.69) is 31.0 Å². The molecule has 2 heteroatoms. The van der Waals surface area contributed by atoms with E-state index in [1.54, 1.807) is 0 Å². The van der Waals surface area contributed by atoms with Crippen molar-refractivity contribution in [3.05, 3.63) is 0 Å². The number of nitrogens with one attached hydrogen (secondary N) is 1. The summed E-state index contributed by atoms with van der Waals surface area (Å²) in [5.41, 5.74) is 0.578. The molecule has 18 heavy (non-hydrogen) atoms. The van der Waals surface area contributed by atoms with Crippen LogP contribution in [0.5, 0.6) is 0 Å². The molecule has 0 amide bonds. The second-order valence-corrected chi connectivity index (χ2v) is 7.37. The third-order valence-corrected chi connectivity index (χ3v) is 4.83. The quantitative estimate of drug-likeness (QED) is 0.771. The van der Waals surface area contributed by atoms with E-state index in [4.69, 9.17) is 0 Å². The highest BCUT2D eigenvalue weighted by Gasteiger charge is 2.25. The summed E-state index contributed by atoms with van der Waals surface area (Å²) in [4.78, 5) is 2.62. The van der Waals surface area contributed by atoms with E-state index < -0.39 is 0 Å². The van der Waals surface area contributed by atoms with Gasteiger partial charge >= 0.3 is 0 Å². The first kappa shape index (κ1) is 14.3. The zero-order valence-electron chi connectivity index (χ0n) is 12.7. The summed E-state index contributed by atoms with van der Waals surface area (Å²) in [6.45, 7) is 11.1. The molecule has 1 saturated carbocycles. The highest BCUT2D eigenvalue weighted by Crippen LogP contribution is 2.33. The maximum absolute atomic E-state index is 3.88. The third-order valence-electron chi connectivity index (χ3n) is 4.83. The molecule has 0 bridgehead atoms. The van der Waals surface area contributed by atoms with Crippen LogP contribution >= 0.6 is 0 Å². The predicted molar refractivity (Wildman–Crippen MR) is 78.9 cm³/mol. The second-order valence-electron chi connectivity index (χ2n) is 7.37. The van der Waals surface area contributed by atoms with Crippen molar-refractivity contribution < 1.29 is 0 Å². The van der Waals surface area contributed by atoms with Crippen molar-refractivity contribution in [3.8, 4) is 0 Å². The van der Waals surface area contributed by atoms with Gasteiger partial charge in [0.15, 0.2) is 0 Å². The molecule has 0 aromatic rings. The summed E-state index contributed by atoms with van der Waals surface area (Å²) in [5, 5.41) is 3.88. The van der Waals surface area contributed by atoms with Crippen LogP contribution in [0.15, 0.2) is 0 Å². The van der Waals surface area contributed by atoms with Gasteiger partial charge in [0.25, 0.3) is 0 Å². The van der Waals surface area contributed by atoms with Crippen LogP contribution in [-0.2, 0) is 0 Å². The lowest BCUT2D eigenvalue weighted by Gasteiger charge is -2.26. The summed E-state index contributed by atoms with van der Waals surface area (Å²) in [6.07, 6.45) is 9.77. The van der Waals surface area contributed by atoms with Crippen molar-refractivity contribution in [2.24, 2.45) is 5.41 Å². The third kappa shape index (κ3) is 4.55. The summed E-state index contributed by atoms with van der Waals surface area (Å²) >= 11 is 0. The highest BCUT2D eigenvalue weighted by atomic mass is 15.2. The van der Waals surface area contributed by atoms with Crippen molar-refractivity contribution >= 4 is 0 Å².